The second-order valence-electron chi connectivity index (χ2n) is 7.01. The van der Waals surface area contributed by atoms with E-state index in [9.17, 15) is 4.79 Å². The van der Waals surface area contributed by atoms with Crippen molar-refractivity contribution in [1.82, 2.24) is 0 Å². The van der Waals surface area contributed by atoms with Gasteiger partial charge in [-0.1, -0.05) is 37.3 Å². The predicted octanol–water partition coefficient (Wildman–Crippen LogP) is 5.98. The highest BCUT2D eigenvalue weighted by atomic mass is 127. The Balaban J connectivity index is 1.67. The normalized spacial score (nSPS) is 14.6. The van der Waals surface area contributed by atoms with Gasteiger partial charge in [0.1, 0.15) is 0 Å². The van der Waals surface area contributed by atoms with Crippen molar-refractivity contribution < 1.29 is 19.0 Å². The highest BCUT2D eigenvalue weighted by Gasteiger charge is 2.24. The number of hydrogen-bond donors (Lipinski definition) is 0. The van der Waals surface area contributed by atoms with Crippen molar-refractivity contribution in [3.05, 3.63) is 75.0 Å². The summed E-state index contributed by atoms with van der Waals surface area (Å²) in [4.78, 5) is 16.9. The zero-order valence-corrected chi connectivity index (χ0v) is 19.5. The summed E-state index contributed by atoms with van der Waals surface area (Å²) in [6.45, 7) is 5.12. The standard InChI is InChI=1S/C25H22INO4/c1-3-11-30-23-20(26)12-16(14-22(23)29-4-2)13-21-25(28)31-24(27-21)19-10-9-17-7-5-6-8-18(17)15-19/h5-10,12-15H,3-4,11H2,1-2H3/b21-13-. The molecule has 4 rings (SSSR count). The van der Waals surface area contributed by atoms with Gasteiger partial charge in [-0.25, -0.2) is 9.79 Å². The molecule has 0 saturated heterocycles. The number of cyclic esters (lactones) is 1. The van der Waals surface area contributed by atoms with Crippen molar-refractivity contribution in [3.63, 3.8) is 0 Å². The van der Waals surface area contributed by atoms with Crippen molar-refractivity contribution in [3.8, 4) is 11.5 Å². The van der Waals surface area contributed by atoms with Crippen LogP contribution in [0.25, 0.3) is 16.8 Å². The van der Waals surface area contributed by atoms with Gasteiger partial charge < -0.3 is 14.2 Å². The summed E-state index contributed by atoms with van der Waals surface area (Å²) < 4.78 is 18.0. The molecule has 0 aromatic heterocycles. The largest absolute Gasteiger partial charge is 0.490 e. The molecule has 0 N–H and O–H groups in total. The molecule has 0 fully saturated rings. The predicted molar refractivity (Wildman–Crippen MR) is 131 cm³/mol. The fourth-order valence-corrected chi connectivity index (χ4v) is 4.07. The Morgan fingerprint density at radius 1 is 1.03 bits per heavy atom. The monoisotopic (exact) mass is 527 g/mol. The van der Waals surface area contributed by atoms with E-state index in [1.165, 1.54) is 0 Å². The van der Waals surface area contributed by atoms with Crippen molar-refractivity contribution >= 4 is 51.3 Å². The molecule has 0 spiro atoms. The summed E-state index contributed by atoms with van der Waals surface area (Å²) in [7, 11) is 0. The van der Waals surface area contributed by atoms with Crippen LogP contribution in [0.5, 0.6) is 11.5 Å². The van der Waals surface area contributed by atoms with Crippen LogP contribution in [-0.4, -0.2) is 25.1 Å². The number of benzene rings is 3. The van der Waals surface area contributed by atoms with E-state index in [0.717, 1.165) is 37.6 Å². The molecule has 0 radical (unpaired) electrons. The Morgan fingerprint density at radius 3 is 2.61 bits per heavy atom. The number of fused-ring (bicyclic) bond motifs is 1. The Bertz CT molecular complexity index is 1200. The van der Waals surface area contributed by atoms with Crippen LogP contribution in [0.2, 0.25) is 0 Å². The molecule has 1 aliphatic rings. The Kier molecular flexibility index (Phi) is 6.56. The lowest BCUT2D eigenvalue weighted by Gasteiger charge is -2.14. The first-order valence-corrected chi connectivity index (χ1v) is 11.3. The minimum atomic E-state index is -0.470. The first-order chi connectivity index (χ1) is 15.1. The number of aliphatic imine (C=N–C) groups is 1. The summed E-state index contributed by atoms with van der Waals surface area (Å²) in [6.07, 6.45) is 2.62. The van der Waals surface area contributed by atoms with E-state index in [1.807, 2.05) is 61.5 Å². The molecule has 6 heteroatoms. The highest BCUT2D eigenvalue weighted by Crippen LogP contribution is 2.35. The summed E-state index contributed by atoms with van der Waals surface area (Å²) in [5, 5.41) is 2.19. The van der Waals surface area contributed by atoms with Gasteiger partial charge in [0.25, 0.3) is 0 Å². The fourth-order valence-electron chi connectivity index (χ4n) is 3.29. The molecule has 0 unspecified atom stereocenters. The van der Waals surface area contributed by atoms with Crippen LogP contribution in [0.1, 0.15) is 31.4 Å². The third kappa shape index (κ3) is 4.74. The van der Waals surface area contributed by atoms with Gasteiger partial charge >= 0.3 is 5.97 Å². The van der Waals surface area contributed by atoms with E-state index >= 15 is 0 Å². The molecule has 1 heterocycles. The molecule has 0 aliphatic carbocycles. The lowest BCUT2D eigenvalue weighted by molar-refractivity contribution is -0.129. The molecule has 0 saturated carbocycles. The molecule has 1 aliphatic heterocycles. The zero-order valence-electron chi connectivity index (χ0n) is 17.4. The lowest BCUT2D eigenvalue weighted by Crippen LogP contribution is -2.05. The van der Waals surface area contributed by atoms with E-state index < -0.39 is 5.97 Å². The minimum absolute atomic E-state index is 0.253. The third-order valence-electron chi connectivity index (χ3n) is 4.70. The van der Waals surface area contributed by atoms with Gasteiger partial charge in [-0.15, -0.1) is 0 Å². The van der Waals surface area contributed by atoms with Crippen LogP contribution in [-0.2, 0) is 9.53 Å². The molecule has 0 bridgehead atoms. The third-order valence-corrected chi connectivity index (χ3v) is 5.50. The number of nitrogens with zero attached hydrogens (tertiary/aromatic N) is 1. The summed E-state index contributed by atoms with van der Waals surface area (Å²) in [5.74, 6) is 1.22. The smallest absolute Gasteiger partial charge is 0.363 e. The van der Waals surface area contributed by atoms with Crippen LogP contribution in [0.15, 0.2) is 65.3 Å². The topological polar surface area (TPSA) is 57.1 Å². The van der Waals surface area contributed by atoms with E-state index in [1.54, 1.807) is 6.08 Å². The Hall–Kier alpha value is -2.87. The van der Waals surface area contributed by atoms with Crippen molar-refractivity contribution in [2.75, 3.05) is 13.2 Å². The molecular formula is C25H22INO4. The van der Waals surface area contributed by atoms with Gasteiger partial charge in [-0.3, -0.25) is 0 Å². The van der Waals surface area contributed by atoms with E-state index in [0.29, 0.717) is 24.9 Å². The van der Waals surface area contributed by atoms with Crippen molar-refractivity contribution in [2.24, 2.45) is 4.99 Å². The number of hydrogen-bond acceptors (Lipinski definition) is 5. The Labute approximate surface area is 194 Å². The first-order valence-electron chi connectivity index (χ1n) is 10.2. The maximum absolute atomic E-state index is 12.5. The number of carbonyl (C=O) groups is 1. The highest BCUT2D eigenvalue weighted by molar-refractivity contribution is 14.1. The van der Waals surface area contributed by atoms with Gasteiger partial charge in [-0.2, -0.15) is 0 Å². The number of esters is 1. The Morgan fingerprint density at radius 2 is 1.84 bits per heavy atom. The summed E-state index contributed by atoms with van der Waals surface area (Å²) in [6, 6.07) is 17.7. The number of halogens is 1. The quantitative estimate of drug-likeness (QED) is 0.216. The van der Waals surface area contributed by atoms with E-state index in [-0.39, 0.29) is 5.70 Å². The van der Waals surface area contributed by atoms with E-state index in [2.05, 4.69) is 34.5 Å². The van der Waals surface area contributed by atoms with Gasteiger partial charge in [0.15, 0.2) is 17.2 Å². The summed E-state index contributed by atoms with van der Waals surface area (Å²) >= 11 is 2.22. The van der Waals surface area contributed by atoms with Gasteiger partial charge in [0.2, 0.25) is 5.90 Å². The average molecular weight is 527 g/mol. The van der Waals surface area contributed by atoms with Crippen LogP contribution in [0.4, 0.5) is 0 Å². The van der Waals surface area contributed by atoms with E-state index in [4.69, 9.17) is 14.2 Å². The van der Waals surface area contributed by atoms with Crippen LogP contribution in [0.3, 0.4) is 0 Å². The molecule has 0 atom stereocenters. The number of rotatable bonds is 7. The second kappa shape index (κ2) is 9.51. The van der Waals surface area contributed by atoms with Gasteiger partial charge in [-0.05, 0) is 82.6 Å². The van der Waals surface area contributed by atoms with Crippen molar-refractivity contribution in [1.29, 1.82) is 0 Å². The van der Waals surface area contributed by atoms with Crippen LogP contribution >= 0.6 is 22.6 Å². The van der Waals surface area contributed by atoms with Crippen LogP contribution < -0.4 is 9.47 Å². The van der Waals surface area contributed by atoms with Crippen molar-refractivity contribution in [2.45, 2.75) is 20.3 Å². The maximum Gasteiger partial charge on any atom is 0.363 e. The molecule has 3 aromatic rings. The molecular weight excluding hydrogens is 505 g/mol. The SMILES string of the molecule is CCCOc1c(I)cc(/C=C2\N=C(c3ccc4ccccc4c3)OC2=O)cc1OCC. The summed E-state index contributed by atoms with van der Waals surface area (Å²) in [5.41, 5.74) is 1.82. The average Bonchev–Trinajstić information content (AvgIpc) is 3.13. The molecule has 158 valence electrons. The number of carbonyl (C=O) groups excluding carboxylic acids is 1. The number of ether oxygens (including phenoxy) is 3. The maximum atomic E-state index is 12.5. The molecule has 31 heavy (non-hydrogen) atoms. The minimum Gasteiger partial charge on any atom is -0.490 e. The fraction of sp³-hybridized carbons (Fsp3) is 0.200. The molecule has 5 nitrogen and oxygen atoms in total. The lowest BCUT2D eigenvalue weighted by atomic mass is 10.1. The van der Waals surface area contributed by atoms with Gasteiger partial charge in [0.05, 0.1) is 16.8 Å². The van der Waals surface area contributed by atoms with Crippen LogP contribution in [0, 0.1) is 3.57 Å². The molecule has 0 amide bonds. The zero-order chi connectivity index (χ0) is 21.8. The molecule has 3 aromatic carbocycles. The first kappa shape index (κ1) is 21.4. The second-order valence-corrected chi connectivity index (χ2v) is 8.17. The van der Waals surface area contributed by atoms with Gasteiger partial charge in [0, 0.05) is 5.56 Å².